The minimum atomic E-state index is -0.320. The van der Waals surface area contributed by atoms with Gasteiger partial charge in [0.2, 0.25) is 5.91 Å². The maximum absolute atomic E-state index is 12.6. The molecule has 2 heterocycles. The molecule has 3 amide bonds. The SMILES string of the molecule is C=CC(=O)NC1CCC(NC(=O)c2ccc(NC(=O)c3cccc(C4=CC=NC4)n3)cc2)CC1. The lowest BCUT2D eigenvalue weighted by Gasteiger charge is -2.29. The highest BCUT2D eigenvalue weighted by Gasteiger charge is 2.23. The van der Waals surface area contributed by atoms with Crippen LogP contribution in [-0.4, -0.2) is 47.5 Å². The zero-order valence-electron chi connectivity index (χ0n) is 18.8. The Bertz CT molecular complexity index is 1150. The third-order valence-electron chi connectivity index (χ3n) is 5.95. The van der Waals surface area contributed by atoms with E-state index in [1.165, 1.54) is 6.08 Å². The number of carbonyl (C=O) groups is 3. The van der Waals surface area contributed by atoms with Crippen LogP contribution in [0.1, 0.15) is 52.2 Å². The van der Waals surface area contributed by atoms with Gasteiger partial charge >= 0.3 is 0 Å². The molecule has 3 N–H and O–H groups in total. The van der Waals surface area contributed by atoms with Crippen molar-refractivity contribution in [1.82, 2.24) is 15.6 Å². The molecule has 34 heavy (non-hydrogen) atoms. The zero-order valence-corrected chi connectivity index (χ0v) is 18.8. The third kappa shape index (κ3) is 5.83. The molecule has 0 saturated heterocycles. The number of anilines is 1. The molecule has 4 rings (SSSR count). The van der Waals surface area contributed by atoms with Crippen molar-refractivity contribution >= 4 is 35.2 Å². The second-order valence-corrected chi connectivity index (χ2v) is 8.36. The molecule has 0 unspecified atom stereocenters. The van der Waals surface area contributed by atoms with Crippen molar-refractivity contribution in [3.05, 3.63) is 78.1 Å². The average Bonchev–Trinajstić information content (AvgIpc) is 3.41. The molecule has 8 nitrogen and oxygen atoms in total. The third-order valence-corrected chi connectivity index (χ3v) is 5.95. The van der Waals surface area contributed by atoms with Crippen LogP contribution in [0.2, 0.25) is 0 Å². The molecule has 1 aromatic heterocycles. The van der Waals surface area contributed by atoms with E-state index >= 15 is 0 Å². The number of aromatic nitrogens is 1. The molecule has 1 saturated carbocycles. The number of hydrogen-bond donors (Lipinski definition) is 3. The minimum absolute atomic E-state index is 0.0718. The van der Waals surface area contributed by atoms with Crippen LogP contribution in [0.4, 0.5) is 5.69 Å². The quantitative estimate of drug-likeness (QED) is 0.555. The molecule has 0 radical (unpaired) electrons. The van der Waals surface area contributed by atoms with Gasteiger partial charge in [-0.2, -0.15) is 0 Å². The molecule has 1 aromatic carbocycles. The average molecular weight is 458 g/mol. The number of rotatable bonds is 7. The summed E-state index contributed by atoms with van der Waals surface area (Å²) < 4.78 is 0. The summed E-state index contributed by atoms with van der Waals surface area (Å²) in [5.41, 5.74) is 3.12. The maximum Gasteiger partial charge on any atom is 0.274 e. The smallest absolute Gasteiger partial charge is 0.274 e. The molecule has 0 spiro atoms. The number of allylic oxidation sites excluding steroid dienone is 1. The van der Waals surface area contributed by atoms with E-state index in [-0.39, 0.29) is 29.8 Å². The molecular formula is C26H27N5O3. The van der Waals surface area contributed by atoms with Gasteiger partial charge in [-0.15, -0.1) is 0 Å². The van der Waals surface area contributed by atoms with Gasteiger partial charge in [-0.05, 0) is 74.2 Å². The Hall–Kier alpha value is -4.07. The molecule has 0 atom stereocenters. The first-order chi connectivity index (χ1) is 16.5. The number of carbonyl (C=O) groups excluding carboxylic acids is 3. The van der Waals surface area contributed by atoms with Crippen LogP contribution >= 0.6 is 0 Å². The first-order valence-electron chi connectivity index (χ1n) is 11.3. The van der Waals surface area contributed by atoms with Crippen LogP contribution in [0, 0.1) is 0 Å². The lowest BCUT2D eigenvalue weighted by atomic mass is 9.91. The van der Waals surface area contributed by atoms with E-state index in [4.69, 9.17) is 0 Å². The first kappa shape index (κ1) is 23.1. The van der Waals surface area contributed by atoms with Crippen molar-refractivity contribution in [2.75, 3.05) is 11.9 Å². The zero-order chi connectivity index (χ0) is 23.9. The Morgan fingerprint density at radius 3 is 2.26 bits per heavy atom. The van der Waals surface area contributed by atoms with Gasteiger partial charge in [0.15, 0.2) is 0 Å². The first-order valence-corrected chi connectivity index (χ1v) is 11.3. The summed E-state index contributed by atoms with van der Waals surface area (Å²) in [4.78, 5) is 45.3. The minimum Gasteiger partial charge on any atom is -0.350 e. The van der Waals surface area contributed by atoms with Crippen LogP contribution in [-0.2, 0) is 4.79 Å². The van der Waals surface area contributed by atoms with E-state index < -0.39 is 0 Å². The Morgan fingerprint density at radius 1 is 0.912 bits per heavy atom. The van der Waals surface area contributed by atoms with Crippen molar-refractivity contribution in [2.24, 2.45) is 4.99 Å². The van der Waals surface area contributed by atoms with Gasteiger partial charge in [0.25, 0.3) is 11.8 Å². The molecule has 1 aliphatic heterocycles. The molecule has 2 aromatic rings. The summed E-state index contributed by atoms with van der Waals surface area (Å²) in [6.07, 6.45) is 8.13. The predicted octanol–water partition coefficient (Wildman–Crippen LogP) is 3.14. The fourth-order valence-corrected chi connectivity index (χ4v) is 4.06. The fourth-order valence-electron chi connectivity index (χ4n) is 4.06. The Kier molecular flexibility index (Phi) is 7.27. The summed E-state index contributed by atoms with van der Waals surface area (Å²) in [5, 5.41) is 8.79. The van der Waals surface area contributed by atoms with Crippen molar-refractivity contribution in [1.29, 1.82) is 0 Å². The highest BCUT2D eigenvalue weighted by Crippen LogP contribution is 2.20. The second kappa shape index (κ2) is 10.7. The van der Waals surface area contributed by atoms with E-state index in [2.05, 4.69) is 32.5 Å². The van der Waals surface area contributed by atoms with Crippen molar-refractivity contribution < 1.29 is 14.4 Å². The largest absolute Gasteiger partial charge is 0.350 e. The number of benzene rings is 1. The van der Waals surface area contributed by atoms with E-state index in [9.17, 15) is 14.4 Å². The number of amides is 3. The summed E-state index contributed by atoms with van der Waals surface area (Å²) in [7, 11) is 0. The number of nitrogens with one attached hydrogen (secondary N) is 3. The number of aliphatic imine (C=N–C) groups is 1. The monoisotopic (exact) mass is 457 g/mol. The molecule has 174 valence electrons. The Balaban J connectivity index is 1.29. The van der Waals surface area contributed by atoms with Crippen molar-refractivity contribution in [3.8, 4) is 0 Å². The van der Waals surface area contributed by atoms with Crippen LogP contribution in [0.5, 0.6) is 0 Å². The maximum atomic E-state index is 12.6. The Labute approximate surface area is 198 Å². The van der Waals surface area contributed by atoms with Gasteiger partial charge in [-0.25, -0.2) is 4.98 Å². The van der Waals surface area contributed by atoms with Gasteiger partial charge in [-0.1, -0.05) is 12.6 Å². The molecule has 1 fully saturated rings. The lowest BCUT2D eigenvalue weighted by molar-refractivity contribution is -0.117. The standard InChI is InChI=1S/C26H27N5O3/c1-2-24(32)28-19-10-12-21(13-11-19)29-25(33)17-6-8-20(9-7-17)30-26(34)23-5-3-4-22(31-23)18-14-15-27-16-18/h2-9,14-15,19,21H,1,10-13,16H2,(H,28,32)(H,29,33)(H,30,34). The molecule has 2 aliphatic rings. The van der Waals surface area contributed by atoms with Gasteiger partial charge in [0.1, 0.15) is 5.69 Å². The van der Waals surface area contributed by atoms with E-state index in [0.29, 0.717) is 23.5 Å². The van der Waals surface area contributed by atoms with Gasteiger partial charge in [0.05, 0.1) is 12.2 Å². The summed E-state index contributed by atoms with van der Waals surface area (Å²) in [5.74, 6) is -0.638. The van der Waals surface area contributed by atoms with E-state index in [0.717, 1.165) is 37.0 Å². The molecule has 8 heteroatoms. The number of pyridine rings is 1. The van der Waals surface area contributed by atoms with Crippen LogP contribution < -0.4 is 16.0 Å². The highest BCUT2D eigenvalue weighted by atomic mass is 16.2. The molecular weight excluding hydrogens is 430 g/mol. The van der Waals surface area contributed by atoms with Crippen molar-refractivity contribution in [3.63, 3.8) is 0 Å². The second-order valence-electron chi connectivity index (χ2n) is 8.36. The number of hydrogen-bond acceptors (Lipinski definition) is 5. The topological polar surface area (TPSA) is 113 Å². The highest BCUT2D eigenvalue weighted by molar-refractivity contribution is 6.03. The Morgan fingerprint density at radius 2 is 1.62 bits per heavy atom. The fraction of sp³-hybridized carbons (Fsp3) is 0.269. The van der Waals surface area contributed by atoms with E-state index in [1.807, 2.05) is 12.1 Å². The van der Waals surface area contributed by atoms with Gasteiger partial charge < -0.3 is 16.0 Å². The normalized spacial score (nSPS) is 19.1. The lowest BCUT2D eigenvalue weighted by Crippen LogP contribution is -2.43. The summed E-state index contributed by atoms with van der Waals surface area (Å²) in [6.45, 7) is 4.03. The summed E-state index contributed by atoms with van der Waals surface area (Å²) >= 11 is 0. The summed E-state index contributed by atoms with van der Waals surface area (Å²) in [6, 6.07) is 12.3. The molecule has 0 bridgehead atoms. The molecule has 1 aliphatic carbocycles. The van der Waals surface area contributed by atoms with Crippen LogP contribution in [0.15, 0.2) is 66.2 Å². The van der Waals surface area contributed by atoms with Gasteiger partial charge in [-0.3, -0.25) is 19.4 Å². The van der Waals surface area contributed by atoms with Crippen LogP contribution in [0.25, 0.3) is 5.57 Å². The van der Waals surface area contributed by atoms with Crippen LogP contribution in [0.3, 0.4) is 0 Å². The van der Waals surface area contributed by atoms with E-state index in [1.54, 1.807) is 42.6 Å². The predicted molar refractivity (Wildman–Crippen MR) is 132 cm³/mol. The van der Waals surface area contributed by atoms with Crippen molar-refractivity contribution in [2.45, 2.75) is 37.8 Å². The number of nitrogens with zero attached hydrogens (tertiary/aromatic N) is 2. The van der Waals surface area contributed by atoms with Gasteiger partial charge in [0, 0.05) is 35.1 Å².